The van der Waals surface area contributed by atoms with Gasteiger partial charge in [0.2, 0.25) is 5.88 Å². The summed E-state index contributed by atoms with van der Waals surface area (Å²) < 4.78 is 44.7. The van der Waals surface area contributed by atoms with Gasteiger partial charge in [0.15, 0.2) is 6.61 Å². The van der Waals surface area contributed by atoms with Gasteiger partial charge >= 0.3 is 0 Å². The van der Waals surface area contributed by atoms with E-state index in [9.17, 15) is 18.0 Å². The second-order valence-electron chi connectivity index (χ2n) is 7.61. The molecule has 0 unspecified atom stereocenters. The van der Waals surface area contributed by atoms with Gasteiger partial charge in [0.1, 0.15) is 17.7 Å². The minimum Gasteiger partial charge on any atom is -0.471 e. The van der Waals surface area contributed by atoms with E-state index >= 15 is 0 Å². The molecule has 0 spiro atoms. The summed E-state index contributed by atoms with van der Waals surface area (Å²) in [6, 6.07) is 0. The first-order chi connectivity index (χ1) is 14.5. The van der Waals surface area contributed by atoms with Crippen molar-refractivity contribution in [3.63, 3.8) is 0 Å². The maximum absolute atomic E-state index is 14.9. The number of carbonyl (C=O) groups excluding carboxylic acids is 1. The normalized spacial score (nSPS) is 15.3. The molecule has 0 saturated heterocycles. The molecule has 0 bridgehead atoms. The highest BCUT2D eigenvalue weighted by molar-refractivity contribution is 6.00. The van der Waals surface area contributed by atoms with Crippen molar-refractivity contribution in [2.45, 2.75) is 33.7 Å². The predicted molar refractivity (Wildman–Crippen MR) is 112 cm³/mol. The van der Waals surface area contributed by atoms with E-state index < -0.39 is 24.8 Å². The Bertz CT molecular complexity index is 952. The van der Waals surface area contributed by atoms with E-state index in [1.165, 1.54) is 11.0 Å². The zero-order valence-electron chi connectivity index (χ0n) is 18.4. The van der Waals surface area contributed by atoms with Gasteiger partial charge in [-0.1, -0.05) is 6.58 Å². The largest absolute Gasteiger partial charge is 0.471 e. The zero-order valence-corrected chi connectivity index (χ0v) is 18.4. The highest BCUT2D eigenvalue weighted by Crippen LogP contribution is 2.29. The predicted octanol–water partition coefficient (Wildman–Crippen LogP) is 4.29. The molecule has 1 aromatic heterocycles. The molecule has 0 N–H and O–H groups in total. The molecule has 9 heteroatoms. The van der Waals surface area contributed by atoms with Gasteiger partial charge in [0.25, 0.3) is 12.3 Å². The van der Waals surface area contributed by atoms with E-state index in [4.69, 9.17) is 4.74 Å². The van der Waals surface area contributed by atoms with Gasteiger partial charge in [-0.15, -0.1) is 0 Å². The number of carbonyl (C=O) groups is 1. The molecule has 0 fully saturated rings. The molecule has 0 radical (unpaired) electrons. The molecule has 0 atom stereocenters. The third-order valence-electron chi connectivity index (χ3n) is 4.53. The number of alkyl halides is 2. The van der Waals surface area contributed by atoms with Gasteiger partial charge in [-0.25, -0.2) is 23.1 Å². The number of hydrogen-bond acceptors (Lipinski definition) is 5. The SMILES string of the molecule is C=C(C)C(=C\N(C)C)/C(C)=C/C(F)=C(\C)CN1Cc2ncnc(OCC(F)F)c2C1=O. The number of hydrogen-bond donors (Lipinski definition) is 0. The molecule has 31 heavy (non-hydrogen) atoms. The van der Waals surface area contributed by atoms with Gasteiger partial charge in [-0.05, 0) is 49.1 Å². The van der Waals surface area contributed by atoms with Gasteiger partial charge < -0.3 is 14.5 Å². The molecule has 1 aliphatic heterocycles. The Labute approximate surface area is 180 Å². The molecule has 1 aliphatic rings. The summed E-state index contributed by atoms with van der Waals surface area (Å²) in [4.78, 5) is 23.8. The Morgan fingerprint density at radius 1 is 1.32 bits per heavy atom. The van der Waals surface area contributed by atoms with Gasteiger partial charge in [0, 0.05) is 26.8 Å². The molecule has 0 aliphatic carbocycles. The van der Waals surface area contributed by atoms with E-state index in [0.29, 0.717) is 16.8 Å². The Balaban J connectivity index is 2.22. The minimum absolute atomic E-state index is 0.0128. The van der Waals surface area contributed by atoms with Crippen molar-refractivity contribution in [2.75, 3.05) is 27.2 Å². The summed E-state index contributed by atoms with van der Waals surface area (Å²) in [5.74, 6) is -1.13. The molecule has 1 amide bonds. The quantitative estimate of drug-likeness (QED) is 0.541. The fourth-order valence-electron chi connectivity index (χ4n) is 3.09. The lowest BCUT2D eigenvalue weighted by Gasteiger charge is -2.16. The lowest BCUT2D eigenvalue weighted by atomic mass is 10.0. The van der Waals surface area contributed by atoms with Gasteiger partial charge in [-0.3, -0.25) is 4.79 Å². The number of aromatic nitrogens is 2. The topological polar surface area (TPSA) is 58.6 Å². The Morgan fingerprint density at radius 3 is 2.58 bits per heavy atom. The van der Waals surface area contributed by atoms with Crippen LogP contribution >= 0.6 is 0 Å². The van der Waals surface area contributed by atoms with Crippen LogP contribution in [-0.2, 0) is 6.54 Å². The first kappa shape index (κ1) is 24.2. The number of halogens is 3. The monoisotopic (exact) mass is 436 g/mol. The van der Waals surface area contributed by atoms with E-state index in [0.717, 1.165) is 17.5 Å². The van der Waals surface area contributed by atoms with Crippen LogP contribution in [0.25, 0.3) is 0 Å². The van der Waals surface area contributed by atoms with Crippen LogP contribution in [-0.4, -0.2) is 59.3 Å². The molecule has 0 aromatic carbocycles. The number of nitrogens with zero attached hydrogens (tertiary/aromatic N) is 4. The molecular weight excluding hydrogens is 409 g/mol. The van der Waals surface area contributed by atoms with Crippen molar-refractivity contribution >= 4 is 5.91 Å². The Kier molecular flexibility index (Phi) is 8.01. The second kappa shape index (κ2) is 10.3. The Hall–Kier alpha value is -3.10. The molecule has 2 heterocycles. The van der Waals surface area contributed by atoms with Crippen molar-refractivity contribution in [1.29, 1.82) is 0 Å². The van der Waals surface area contributed by atoms with E-state index in [1.54, 1.807) is 13.8 Å². The summed E-state index contributed by atoms with van der Waals surface area (Å²) in [5.41, 5.74) is 3.06. The fraction of sp³-hybridized carbons (Fsp3) is 0.409. The number of rotatable bonds is 9. The molecule has 1 aromatic rings. The molecule has 168 valence electrons. The van der Waals surface area contributed by atoms with E-state index in [1.807, 2.05) is 32.1 Å². The summed E-state index contributed by atoms with van der Waals surface area (Å²) in [6.07, 6.45) is 1.72. The van der Waals surface area contributed by atoms with Crippen LogP contribution < -0.4 is 4.74 Å². The third-order valence-corrected chi connectivity index (χ3v) is 4.53. The first-order valence-electron chi connectivity index (χ1n) is 9.63. The summed E-state index contributed by atoms with van der Waals surface area (Å²) in [7, 11) is 3.74. The number of fused-ring (bicyclic) bond motifs is 1. The summed E-state index contributed by atoms with van der Waals surface area (Å²) in [6.45, 7) is 8.41. The minimum atomic E-state index is -2.70. The smallest absolute Gasteiger partial charge is 0.272 e. The summed E-state index contributed by atoms with van der Waals surface area (Å²) >= 11 is 0. The van der Waals surface area contributed by atoms with Crippen LogP contribution in [0.15, 0.2) is 53.3 Å². The van der Waals surface area contributed by atoms with Crippen molar-refractivity contribution in [3.8, 4) is 5.88 Å². The lowest BCUT2D eigenvalue weighted by Crippen LogP contribution is -2.26. The van der Waals surface area contributed by atoms with Crippen LogP contribution in [0.1, 0.15) is 36.8 Å². The molecule has 0 saturated carbocycles. The molecule has 6 nitrogen and oxygen atoms in total. The molecule has 2 rings (SSSR count). The van der Waals surface area contributed by atoms with Gasteiger partial charge in [0.05, 0.1) is 12.2 Å². The molecular formula is C22H27F3N4O2. The fourth-order valence-corrected chi connectivity index (χ4v) is 3.09. The van der Waals surface area contributed by atoms with Gasteiger partial charge in [-0.2, -0.15) is 0 Å². The van der Waals surface area contributed by atoms with E-state index in [-0.39, 0.29) is 24.5 Å². The highest BCUT2D eigenvalue weighted by Gasteiger charge is 2.33. The standard InChI is InChI=1S/C22H27F3N4O2/c1-13(2)16(9-28(5)6)14(3)7-17(23)15(4)8-29-10-18-20(22(29)30)21(27-12-26-18)31-11-19(24)25/h7,9,12,19H,1,8,10-11H2,2-6H3/b14-7+,16-9+,17-15-. The van der Waals surface area contributed by atoms with Crippen LogP contribution in [0.4, 0.5) is 13.2 Å². The average Bonchev–Trinajstić information content (AvgIpc) is 2.99. The van der Waals surface area contributed by atoms with Crippen LogP contribution in [0.3, 0.4) is 0 Å². The first-order valence-corrected chi connectivity index (χ1v) is 9.63. The maximum Gasteiger partial charge on any atom is 0.272 e. The highest BCUT2D eigenvalue weighted by atomic mass is 19.3. The van der Waals surface area contributed by atoms with Crippen molar-refractivity contribution in [3.05, 3.63) is 64.6 Å². The number of amides is 1. The van der Waals surface area contributed by atoms with Crippen molar-refractivity contribution in [2.24, 2.45) is 0 Å². The van der Waals surface area contributed by atoms with Crippen LogP contribution in [0, 0.1) is 0 Å². The average molecular weight is 436 g/mol. The number of ether oxygens (including phenoxy) is 1. The summed E-state index contributed by atoms with van der Waals surface area (Å²) in [5, 5.41) is 0. The zero-order chi connectivity index (χ0) is 23.3. The van der Waals surface area contributed by atoms with Crippen molar-refractivity contribution in [1.82, 2.24) is 19.8 Å². The lowest BCUT2D eigenvalue weighted by molar-refractivity contribution is 0.0733. The van der Waals surface area contributed by atoms with Crippen molar-refractivity contribution < 1.29 is 22.7 Å². The maximum atomic E-state index is 14.9. The third kappa shape index (κ3) is 6.19. The second-order valence-corrected chi connectivity index (χ2v) is 7.61. The van der Waals surface area contributed by atoms with E-state index in [2.05, 4.69) is 16.5 Å². The number of allylic oxidation sites excluding steroid dienone is 5. The van der Waals surface area contributed by atoms with Crippen LogP contribution in [0.2, 0.25) is 0 Å². The van der Waals surface area contributed by atoms with Crippen LogP contribution in [0.5, 0.6) is 5.88 Å². The Morgan fingerprint density at radius 2 is 2.00 bits per heavy atom.